The standard InChI is InChI=1S/C11H17NO3S2/c1-8-7-16-10(6-13)11(8)17(14,15)12-5-9-3-2-4-9/h7,9,12-13H,2-6H2,1H3. The van der Waals surface area contributed by atoms with Crippen LogP contribution >= 0.6 is 11.3 Å². The Morgan fingerprint density at radius 3 is 2.76 bits per heavy atom. The normalized spacial score (nSPS) is 17.1. The van der Waals surface area contributed by atoms with Crippen molar-refractivity contribution in [2.45, 2.75) is 37.7 Å². The molecule has 2 rings (SSSR count). The molecule has 0 atom stereocenters. The van der Waals surface area contributed by atoms with Crippen molar-refractivity contribution in [3.63, 3.8) is 0 Å². The number of nitrogens with one attached hydrogen (secondary N) is 1. The monoisotopic (exact) mass is 275 g/mol. The van der Waals surface area contributed by atoms with Gasteiger partial charge < -0.3 is 5.11 Å². The Morgan fingerprint density at radius 2 is 2.24 bits per heavy atom. The number of hydrogen-bond acceptors (Lipinski definition) is 4. The van der Waals surface area contributed by atoms with E-state index in [1.165, 1.54) is 17.8 Å². The highest BCUT2D eigenvalue weighted by molar-refractivity contribution is 7.89. The molecule has 0 aliphatic heterocycles. The van der Waals surface area contributed by atoms with Crippen LogP contribution in [0.25, 0.3) is 0 Å². The molecule has 17 heavy (non-hydrogen) atoms. The summed E-state index contributed by atoms with van der Waals surface area (Å²) in [5, 5.41) is 10.9. The summed E-state index contributed by atoms with van der Waals surface area (Å²) < 4.78 is 26.9. The number of aryl methyl sites for hydroxylation is 1. The van der Waals surface area contributed by atoms with Crippen molar-refractivity contribution >= 4 is 21.4 Å². The van der Waals surface area contributed by atoms with E-state index in [-0.39, 0.29) is 11.5 Å². The van der Waals surface area contributed by atoms with Crippen LogP contribution in [0.1, 0.15) is 29.7 Å². The topological polar surface area (TPSA) is 66.4 Å². The van der Waals surface area contributed by atoms with Gasteiger partial charge in [0.2, 0.25) is 10.0 Å². The van der Waals surface area contributed by atoms with E-state index < -0.39 is 10.0 Å². The van der Waals surface area contributed by atoms with E-state index in [0.717, 1.165) is 12.8 Å². The van der Waals surface area contributed by atoms with Gasteiger partial charge >= 0.3 is 0 Å². The van der Waals surface area contributed by atoms with Gasteiger partial charge in [-0.1, -0.05) is 6.42 Å². The van der Waals surface area contributed by atoms with E-state index in [4.69, 9.17) is 5.11 Å². The molecule has 1 fully saturated rings. The van der Waals surface area contributed by atoms with E-state index >= 15 is 0 Å². The molecule has 1 aliphatic rings. The van der Waals surface area contributed by atoms with Crippen LogP contribution in [0.15, 0.2) is 10.3 Å². The summed E-state index contributed by atoms with van der Waals surface area (Å²) in [6.07, 6.45) is 3.42. The van der Waals surface area contributed by atoms with Gasteiger partial charge in [0.15, 0.2) is 0 Å². The van der Waals surface area contributed by atoms with Crippen LogP contribution in [-0.2, 0) is 16.6 Å². The first-order valence-corrected chi connectivity index (χ1v) is 8.08. The Hall–Kier alpha value is -0.430. The first-order chi connectivity index (χ1) is 8.04. The van der Waals surface area contributed by atoms with E-state index in [1.807, 2.05) is 0 Å². The first kappa shape index (κ1) is 13.0. The van der Waals surface area contributed by atoms with E-state index in [2.05, 4.69) is 4.72 Å². The minimum atomic E-state index is -3.46. The maximum Gasteiger partial charge on any atom is 0.242 e. The Kier molecular flexibility index (Phi) is 3.87. The van der Waals surface area contributed by atoms with Crippen LogP contribution in [0, 0.1) is 12.8 Å². The van der Waals surface area contributed by atoms with Crippen LogP contribution in [0.4, 0.5) is 0 Å². The van der Waals surface area contributed by atoms with Crippen molar-refractivity contribution < 1.29 is 13.5 Å². The summed E-state index contributed by atoms with van der Waals surface area (Å²) in [7, 11) is -3.46. The zero-order valence-corrected chi connectivity index (χ0v) is 11.4. The van der Waals surface area contributed by atoms with Gasteiger partial charge in [-0.3, -0.25) is 0 Å². The first-order valence-electron chi connectivity index (χ1n) is 5.72. The lowest BCUT2D eigenvalue weighted by atomic mass is 9.86. The zero-order chi connectivity index (χ0) is 12.5. The second kappa shape index (κ2) is 5.06. The third-order valence-corrected chi connectivity index (χ3v) is 6.06. The van der Waals surface area contributed by atoms with Gasteiger partial charge in [0.05, 0.1) is 11.5 Å². The number of sulfonamides is 1. The number of aliphatic hydroxyl groups excluding tert-OH is 1. The van der Waals surface area contributed by atoms with Crippen molar-refractivity contribution in [1.82, 2.24) is 4.72 Å². The van der Waals surface area contributed by atoms with Gasteiger partial charge in [-0.15, -0.1) is 11.3 Å². The largest absolute Gasteiger partial charge is 0.391 e. The molecule has 0 radical (unpaired) electrons. The maximum atomic E-state index is 12.1. The molecular weight excluding hydrogens is 258 g/mol. The summed E-state index contributed by atoms with van der Waals surface area (Å²) in [5.74, 6) is 0.487. The molecule has 0 aromatic carbocycles. The molecular formula is C11H17NO3S2. The zero-order valence-electron chi connectivity index (χ0n) is 9.77. The Labute approximate surface area is 106 Å². The van der Waals surface area contributed by atoms with Crippen molar-refractivity contribution in [3.8, 4) is 0 Å². The fraction of sp³-hybridized carbons (Fsp3) is 0.636. The lowest BCUT2D eigenvalue weighted by molar-refractivity contribution is 0.282. The molecule has 0 unspecified atom stereocenters. The summed E-state index contributed by atoms with van der Waals surface area (Å²) in [6, 6.07) is 0. The third kappa shape index (κ3) is 2.70. The van der Waals surface area contributed by atoms with Gasteiger partial charge in [-0.05, 0) is 36.6 Å². The summed E-state index contributed by atoms with van der Waals surface area (Å²) in [4.78, 5) is 0.785. The van der Waals surface area contributed by atoms with Crippen molar-refractivity contribution in [3.05, 3.63) is 15.8 Å². The quantitative estimate of drug-likeness (QED) is 0.858. The van der Waals surface area contributed by atoms with E-state index in [1.54, 1.807) is 12.3 Å². The predicted molar refractivity (Wildman–Crippen MR) is 67.5 cm³/mol. The molecule has 0 amide bonds. The molecule has 96 valence electrons. The van der Waals surface area contributed by atoms with Gasteiger partial charge in [-0.2, -0.15) is 0 Å². The van der Waals surface area contributed by atoms with Crippen LogP contribution in [0.5, 0.6) is 0 Å². The molecule has 1 aromatic heterocycles. The summed E-state index contributed by atoms with van der Waals surface area (Å²) in [5.41, 5.74) is 0.708. The van der Waals surface area contributed by atoms with Gasteiger partial charge in [0, 0.05) is 6.54 Å². The number of aliphatic hydroxyl groups is 1. The average Bonchev–Trinajstić information content (AvgIpc) is 2.57. The van der Waals surface area contributed by atoms with Crippen molar-refractivity contribution in [2.75, 3.05) is 6.54 Å². The fourth-order valence-corrected chi connectivity index (χ4v) is 4.73. The molecule has 0 bridgehead atoms. The van der Waals surface area contributed by atoms with Crippen LogP contribution in [-0.4, -0.2) is 20.1 Å². The molecule has 1 saturated carbocycles. The molecule has 4 nitrogen and oxygen atoms in total. The predicted octanol–water partition coefficient (Wildman–Crippen LogP) is 1.63. The molecule has 1 aromatic rings. The molecule has 0 saturated heterocycles. The third-order valence-electron chi connectivity index (χ3n) is 3.19. The lowest BCUT2D eigenvalue weighted by Gasteiger charge is -2.25. The number of hydrogen-bond donors (Lipinski definition) is 2. The highest BCUT2D eigenvalue weighted by Crippen LogP contribution is 2.28. The van der Waals surface area contributed by atoms with Gasteiger partial charge in [0.1, 0.15) is 4.90 Å². The molecule has 0 spiro atoms. The minimum Gasteiger partial charge on any atom is -0.391 e. The highest BCUT2D eigenvalue weighted by atomic mass is 32.2. The van der Waals surface area contributed by atoms with Gasteiger partial charge in [0.25, 0.3) is 0 Å². The van der Waals surface area contributed by atoms with Crippen LogP contribution in [0.3, 0.4) is 0 Å². The summed E-state index contributed by atoms with van der Waals surface area (Å²) >= 11 is 1.29. The van der Waals surface area contributed by atoms with Crippen LogP contribution in [0.2, 0.25) is 0 Å². The fourth-order valence-electron chi connectivity index (χ4n) is 1.95. The maximum absolute atomic E-state index is 12.1. The molecule has 6 heteroatoms. The molecule has 1 heterocycles. The second-order valence-corrected chi connectivity index (χ2v) is 7.15. The number of thiophene rings is 1. The second-order valence-electron chi connectivity index (χ2n) is 4.48. The minimum absolute atomic E-state index is 0.224. The Balaban J connectivity index is 2.15. The van der Waals surface area contributed by atoms with E-state index in [0.29, 0.717) is 22.9 Å². The van der Waals surface area contributed by atoms with Crippen LogP contribution < -0.4 is 4.72 Å². The number of rotatable bonds is 5. The SMILES string of the molecule is Cc1csc(CO)c1S(=O)(=O)NCC1CCC1. The van der Waals surface area contributed by atoms with Crippen molar-refractivity contribution in [2.24, 2.45) is 5.92 Å². The lowest BCUT2D eigenvalue weighted by Crippen LogP contribution is -2.32. The highest BCUT2D eigenvalue weighted by Gasteiger charge is 2.25. The van der Waals surface area contributed by atoms with E-state index in [9.17, 15) is 8.42 Å². The molecule has 1 aliphatic carbocycles. The smallest absolute Gasteiger partial charge is 0.242 e. The van der Waals surface area contributed by atoms with Gasteiger partial charge in [-0.25, -0.2) is 13.1 Å². The Morgan fingerprint density at radius 1 is 1.53 bits per heavy atom. The Bertz CT molecular complexity index is 489. The van der Waals surface area contributed by atoms with Crippen molar-refractivity contribution in [1.29, 1.82) is 0 Å². The molecule has 2 N–H and O–H groups in total. The summed E-state index contributed by atoms with van der Waals surface area (Å²) in [6.45, 7) is 2.05. The average molecular weight is 275 g/mol.